The Hall–Kier alpha value is -1.92. The molecule has 0 saturated carbocycles. The van der Waals surface area contributed by atoms with Gasteiger partial charge in [0.2, 0.25) is 17.8 Å². The minimum Gasteiger partial charge on any atom is -0.368 e. The molecule has 96 valence electrons. The average molecular weight is 248 g/mol. The van der Waals surface area contributed by atoms with E-state index in [0.29, 0.717) is 18.3 Å². The van der Waals surface area contributed by atoms with Gasteiger partial charge in [0.1, 0.15) is 5.82 Å². The van der Waals surface area contributed by atoms with Gasteiger partial charge in [-0.25, -0.2) is 0 Å². The van der Waals surface area contributed by atoms with E-state index in [2.05, 4.69) is 25.2 Å². The van der Waals surface area contributed by atoms with Gasteiger partial charge in [0, 0.05) is 13.1 Å². The second kappa shape index (κ2) is 4.08. The number of anilines is 2. The van der Waals surface area contributed by atoms with Crippen molar-refractivity contribution < 1.29 is 4.79 Å². The van der Waals surface area contributed by atoms with E-state index in [-0.39, 0.29) is 23.8 Å². The summed E-state index contributed by atoms with van der Waals surface area (Å²) >= 11 is 0. The van der Waals surface area contributed by atoms with Gasteiger partial charge >= 0.3 is 0 Å². The highest BCUT2D eigenvalue weighted by Crippen LogP contribution is 2.29. The third-order valence-electron chi connectivity index (χ3n) is 3.61. The zero-order valence-corrected chi connectivity index (χ0v) is 10.3. The highest BCUT2D eigenvalue weighted by molar-refractivity contribution is 5.82. The number of piperidine rings is 1. The average Bonchev–Trinajstić information content (AvgIpc) is 2.70. The molecule has 0 radical (unpaired) electrons. The van der Waals surface area contributed by atoms with Gasteiger partial charge in [0.05, 0.1) is 12.0 Å². The summed E-state index contributed by atoms with van der Waals surface area (Å²) in [5.74, 6) is 1.63. The maximum absolute atomic E-state index is 11.7. The Morgan fingerprint density at radius 3 is 3.00 bits per heavy atom. The van der Waals surface area contributed by atoms with Crippen LogP contribution >= 0.6 is 0 Å². The number of nitrogens with one attached hydrogen (secondary N) is 1. The first kappa shape index (κ1) is 11.2. The van der Waals surface area contributed by atoms with E-state index in [0.717, 1.165) is 19.4 Å². The summed E-state index contributed by atoms with van der Waals surface area (Å²) in [6.45, 7) is 3.31. The summed E-state index contributed by atoms with van der Waals surface area (Å²) < 4.78 is 0. The van der Waals surface area contributed by atoms with Gasteiger partial charge < -0.3 is 16.0 Å². The lowest BCUT2D eigenvalue weighted by Gasteiger charge is -2.35. The Labute approximate surface area is 105 Å². The molecule has 0 aromatic carbocycles. The van der Waals surface area contributed by atoms with Gasteiger partial charge in [-0.05, 0) is 19.8 Å². The molecular formula is C11H16N6O. The first-order chi connectivity index (χ1) is 8.65. The highest BCUT2D eigenvalue weighted by atomic mass is 16.2. The minimum atomic E-state index is 0.0528. The van der Waals surface area contributed by atoms with Crippen molar-refractivity contribution in [1.29, 1.82) is 0 Å². The molecule has 1 aromatic rings. The highest BCUT2D eigenvalue weighted by Gasteiger charge is 2.41. The normalized spacial score (nSPS) is 26.9. The van der Waals surface area contributed by atoms with Crippen molar-refractivity contribution in [1.82, 2.24) is 20.3 Å². The molecule has 2 fully saturated rings. The molecule has 3 N–H and O–H groups in total. The Bertz CT molecular complexity index is 470. The zero-order valence-electron chi connectivity index (χ0n) is 10.3. The van der Waals surface area contributed by atoms with Crippen LogP contribution in [0, 0.1) is 12.8 Å². The second-order valence-corrected chi connectivity index (χ2v) is 4.80. The molecule has 2 atom stereocenters. The lowest BCUT2D eigenvalue weighted by atomic mass is 9.92. The van der Waals surface area contributed by atoms with Gasteiger partial charge in [0.25, 0.3) is 0 Å². The molecule has 1 aromatic heterocycles. The molecular weight excluding hydrogens is 232 g/mol. The van der Waals surface area contributed by atoms with Crippen LogP contribution < -0.4 is 16.0 Å². The number of amides is 1. The third-order valence-corrected chi connectivity index (χ3v) is 3.61. The predicted molar refractivity (Wildman–Crippen MR) is 65.8 cm³/mol. The molecule has 18 heavy (non-hydrogen) atoms. The molecule has 2 saturated heterocycles. The Morgan fingerprint density at radius 2 is 2.22 bits per heavy atom. The van der Waals surface area contributed by atoms with Crippen molar-refractivity contribution in [2.24, 2.45) is 5.92 Å². The number of nitrogen functional groups attached to an aromatic ring is 1. The summed E-state index contributed by atoms with van der Waals surface area (Å²) in [5, 5.41) is 2.91. The zero-order chi connectivity index (χ0) is 12.7. The van der Waals surface area contributed by atoms with Crippen LogP contribution in [0.4, 0.5) is 11.9 Å². The molecule has 7 nitrogen and oxygen atoms in total. The standard InChI is InChI=1S/C11H16N6O/c1-6-14-10(12)16-11(15-6)17-4-2-3-7-8(17)5-13-9(7)18/h7-8H,2-5H2,1H3,(H,13,18)(H2,12,14,15,16). The number of aryl methyl sites for hydroxylation is 1. The fraction of sp³-hybridized carbons (Fsp3) is 0.636. The van der Waals surface area contributed by atoms with Crippen molar-refractivity contribution in [3.05, 3.63) is 5.82 Å². The molecule has 0 spiro atoms. The molecule has 7 heteroatoms. The van der Waals surface area contributed by atoms with Crippen molar-refractivity contribution >= 4 is 17.8 Å². The maximum Gasteiger partial charge on any atom is 0.230 e. The number of hydrogen-bond donors (Lipinski definition) is 2. The molecule has 0 aliphatic carbocycles. The van der Waals surface area contributed by atoms with E-state index in [1.807, 2.05) is 0 Å². The number of hydrogen-bond acceptors (Lipinski definition) is 6. The van der Waals surface area contributed by atoms with Crippen LogP contribution in [-0.4, -0.2) is 40.0 Å². The van der Waals surface area contributed by atoms with E-state index in [4.69, 9.17) is 5.73 Å². The number of aromatic nitrogens is 3. The van der Waals surface area contributed by atoms with Crippen LogP contribution in [-0.2, 0) is 4.79 Å². The number of carbonyl (C=O) groups is 1. The van der Waals surface area contributed by atoms with E-state index >= 15 is 0 Å². The van der Waals surface area contributed by atoms with Gasteiger partial charge in [-0.2, -0.15) is 15.0 Å². The van der Waals surface area contributed by atoms with Gasteiger partial charge in [0.15, 0.2) is 0 Å². The lowest BCUT2D eigenvalue weighted by Crippen LogP contribution is -2.46. The van der Waals surface area contributed by atoms with Crippen molar-refractivity contribution in [2.45, 2.75) is 25.8 Å². The smallest absolute Gasteiger partial charge is 0.230 e. The monoisotopic (exact) mass is 248 g/mol. The Balaban J connectivity index is 1.93. The van der Waals surface area contributed by atoms with E-state index in [9.17, 15) is 4.79 Å². The van der Waals surface area contributed by atoms with E-state index in [1.165, 1.54) is 0 Å². The van der Waals surface area contributed by atoms with Crippen molar-refractivity contribution in [2.75, 3.05) is 23.7 Å². The van der Waals surface area contributed by atoms with Gasteiger partial charge in [-0.15, -0.1) is 0 Å². The fourth-order valence-corrected chi connectivity index (χ4v) is 2.82. The molecule has 0 bridgehead atoms. The van der Waals surface area contributed by atoms with E-state index < -0.39 is 0 Å². The largest absolute Gasteiger partial charge is 0.368 e. The first-order valence-electron chi connectivity index (χ1n) is 6.17. The molecule has 2 aliphatic rings. The van der Waals surface area contributed by atoms with Gasteiger partial charge in [-0.3, -0.25) is 4.79 Å². The van der Waals surface area contributed by atoms with Crippen molar-refractivity contribution in [3.63, 3.8) is 0 Å². The fourth-order valence-electron chi connectivity index (χ4n) is 2.82. The number of nitrogens with zero attached hydrogens (tertiary/aromatic N) is 4. The predicted octanol–water partition coefficient (Wildman–Crippen LogP) is -0.523. The maximum atomic E-state index is 11.7. The quantitative estimate of drug-likeness (QED) is 0.694. The van der Waals surface area contributed by atoms with Crippen LogP contribution in [0.2, 0.25) is 0 Å². The number of nitrogens with two attached hydrogens (primary N) is 1. The number of rotatable bonds is 1. The van der Waals surface area contributed by atoms with Gasteiger partial charge in [-0.1, -0.05) is 0 Å². The number of carbonyl (C=O) groups excluding carboxylic acids is 1. The first-order valence-corrected chi connectivity index (χ1v) is 6.17. The van der Waals surface area contributed by atoms with Crippen LogP contribution in [0.5, 0.6) is 0 Å². The topological polar surface area (TPSA) is 97.0 Å². The Morgan fingerprint density at radius 1 is 1.39 bits per heavy atom. The second-order valence-electron chi connectivity index (χ2n) is 4.80. The van der Waals surface area contributed by atoms with Crippen LogP contribution in [0.3, 0.4) is 0 Å². The molecule has 3 heterocycles. The summed E-state index contributed by atoms with van der Waals surface area (Å²) in [6, 6.07) is 0.146. The molecule has 2 unspecified atom stereocenters. The SMILES string of the molecule is Cc1nc(N)nc(N2CCCC3C(=O)NCC32)n1. The molecule has 1 amide bonds. The summed E-state index contributed by atoms with van der Waals surface area (Å²) in [7, 11) is 0. The number of fused-ring (bicyclic) bond motifs is 1. The van der Waals surface area contributed by atoms with Crippen LogP contribution in [0.15, 0.2) is 0 Å². The lowest BCUT2D eigenvalue weighted by molar-refractivity contribution is -0.122. The molecule has 2 aliphatic heterocycles. The molecule has 3 rings (SSSR count). The van der Waals surface area contributed by atoms with Crippen LogP contribution in [0.25, 0.3) is 0 Å². The Kier molecular flexibility index (Phi) is 2.53. The minimum absolute atomic E-state index is 0.0528. The van der Waals surface area contributed by atoms with Crippen LogP contribution in [0.1, 0.15) is 18.7 Å². The third kappa shape index (κ3) is 1.75. The van der Waals surface area contributed by atoms with E-state index in [1.54, 1.807) is 6.92 Å². The summed E-state index contributed by atoms with van der Waals surface area (Å²) in [4.78, 5) is 26.3. The summed E-state index contributed by atoms with van der Waals surface area (Å²) in [5.41, 5.74) is 5.66. The summed E-state index contributed by atoms with van der Waals surface area (Å²) in [6.07, 6.45) is 1.91. The van der Waals surface area contributed by atoms with Crippen molar-refractivity contribution in [3.8, 4) is 0 Å².